The summed E-state index contributed by atoms with van der Waals surface area (Å²) in [7, 11) is -4.11. The lowest BCUT2D eigenvalue weighted by Gasteiger charge is -2.31. The Morgan fingerprint density at radius 2 is 1.83 bits per heavy atom. The first-order chi connectivity index (χ1) is 8.06. The Morgan fingerprint density at radius 3 is 2.22 bits per heavy atom. The first kappa shape index (κ1) is 18.1. The quantitative estimate of drug-likeness (QED) is 0.731. The van der Waals surface area contributed by atoms with Crippen molar-refractivity contribution in [2.24, 2.45) is 5.41 Å². The molecule has 0 aromatic carbocycles. The number of nitrogens with one attached hydrogen (secondary N) is 1. The second kappa shape index (κ2) is 7.60. The minimum atomic E-state index is -3.02. The van der Waals surface area contributed by atoms with E-state index in [0.717, 1.165) is 13.0 Å². The highest BCUT2D eigenvalue weighted by molar-refractivity contribution is 7.92. The van der Waals surface area contributed by atoms with Crippen molar-refractivity contribution in [2.75, 3.05) is 30.1 Å². The predicted octanol–water partition coefficient (Wildman–Crippen LogP) is 1.19. The van der Waals surface area contributed by atoms with Gasteiger partial charge in [0.1, 0.15) is 9.84 Å². The van der Waals surface area contributed by atoms with Gasteiger partial charge in [0.05, 0.1) is 5.75 Å². The minimum absolute atomic E-state index is 0.00422. The summed E-state index contributed by atoms with van der Waals surface area (Å²) in [5, 5.41) is 3.39. The summed E-state index contributed by atoms with van der Waals surface area (Å²) < 4.78 is 34.0. The Labute approximate surface area is 114 Å². The monoisotopic (exact) mass is 297 g/mol. The summed E-state index contributed by atoms with van der Waals surface area (Å²) in [6, 6.07) is 0.151. The lowest BCUT2D eigenvalue weighted by molar-refractivity contribution is 0.290. The molecule has 0 aliphatic heterocycles. The summed E-state index contributed by atoms with van der Waals surface area (Å²) in [6.07, 6.45) is 2.21. The molecule has 0 saturated heterocycles. The molecular weight excluding hydrogens is 270 g/mol. The summed E-state index contributed by atoms with van der Waals surface area (Å²) in [5.41, 5.74) is 0.0237. The average molecular weight is 297 g/mol. The van der Waals surface area contributed by atoms with E-state index in [2.05, 4.69) is 33.0 Å². The minimum Gasteiger partial charge on any atom is -0.313 e. The van der Waals surface area contributed by atoms with E-state index >= 15 is 0 Å². The van der Waals surface area contributed by atoms with E-state index in [0.29, 0.717) is 5.75 Å². The van der Waals surface area contributed by atoms with Crippen molar-refractivity contribution in [1.82, 2.24) is 5.32 Å². The lowest BCUT2D eigenvalue weighted by Crippen LogP contribution is -2.45. The van der Waals surface area contributed by atoms with E-state index in [1.165, 1.54) is 6.26 Å². The zero-order valence-corrected chi connectivity index (χ0v) is 13.8. The van der Waals surface area contributed by atoms with Crippen molar-refractivity contribution >= 4 is 20.6 Å². The molecule has 0 aromatic heterocycles. The van der Waals surface area contributed by atoms with Crippen LogP contribution in [0.4, 0.5) is 0 Å². The van der Waals surface area contributed by atoms with Crippen LogP contribution in [0.2, 0.25) is 0 Å². The molecule has 0 saturated carbocycles. The molecule has 0 fully saturated rings. The van der Waals surface area contributed by atoms with Crippen molar-refractivity contribution in [3.8, 4) is 0 Å². The third-order valence-corrected chi connectivity index (χ3v) is 5.29. The molecule has 0 heterocycles. The first-order valence-electron chi connectivity index (χ1n) is 6.32. The van der Waals surface area contributed by atoms with Crippen LogP contribution in [0.1, 0.15) is 34.1 Å². The molecular formula is C12H27NO3S2. The van der Waals surface area contributed by atoms with Gasteiger partial charge in [-0.05, 0) is 18.4 Å². The number of rotatable bonds is 8. The Bertz CT molecular complexity index is 358. The molecule has 2 unspecified atom stereocenters. The van der Waals surface area contributed by atoms with E-state index < -0.39 is 20.6 Å². The maximum Gasteiger partial charge on any atom is 0.148 e. The molecule has 0 spiro atoms. The van der Waals surface area contributed by atoms with Crippen molar-refractivity contribution < 1.29 is 12.6 Å². The normalized spacial score (nSPS) is 16.5. The van der Waals surface area contributed by atoms with E-state index in [9.17, 15) is 12.6 Å². The number of hydrogen-bond donors (Lipinski definition) is 1. The molecule has 18 heavy (non-hydrogen) atoms. The third-order valence-electron chi connectivity index (χ3n) is 2.72. The van der Waals surface area contributed by atoms with Gasteiger partial charge in [0, 0.05) is 34.6 Å². The van der Waals surface area contributed by atoms with Crippen LogP contribution in [0, 0.1) is 5.41 Å². The second-order valence-corrected chi connectivity index (χ2v) is 9.69. The standard InChI is InChI=1S/C12H27NO3S2/c1-6-7-13-11(12(2,3)4)10-17(14)8-9-18(5,15)16/h11,13H,6-10H2,1-5H3. The van der Waals surface area contributed by atoms with Crippen molar-refractivity contribution in [3.05, 3.63) is 0 Å². The fourth-order valence-electron chi connectivity index (χ4n) is 1.45. The largest absolute Gasteiger partial charge is 0.313 e. The van der Waals surface area contributed by atoms with Gasteiger partial charge in [-0.2, -0.15) is 0 Å². The maximum atomic E-state index is 11.9. The molecule has 1 N–H and O–H groups in total. The van der Waals surface area contributed by atoms with Crippen LogP contribution in [-0.2, 0) is 20.6 Å². The molecule has 2 atom stereocenters. The fraction of sp³-hybridized carbons (Fsp3) is 1.00. The molecule has 4 nitrogen and oxygen atoms in total. The molecule has 0 radical (unpaired) electrons. The summed E-state index contributed by atoms with van der Waals surface area (Å²) >= 11 is 0. The molecule has 110 valence electrons. The number of hydrogen-bond acceptors (Lipinski definition) is 4. The Hall–Kier alpha value is 0.0600. The van der Waals surface area contributed by atoms with Crippen molar-refractivity contribution in [2.45, 2.75) is 40.2 Å². The van der Waals surface area contributed by atoms with Gasteiger partial charge in [-0.25, -0.2) is 8.42 Å². The second-order valence-electron chi connectivity index (χ2n) is 5.81. The lowest BCUT2D eigenvalue weighted by atomic mass is 9.88. The van der Waals surface area contributed by atoms with Crippen LogP contribution in [-0.4, -0.2) is 48.7 Å². The van der Waals surface area contributed by atoms with Crippen LogP contribution in [0.3, 0.4) is 0 Å². The average Bonchev–Trinajstić information content (AvgIpc) is 2.18. The van der Waals surface area contributed by atoms with Crippen molar-refractivity contribution in [1.29, 1.82) is 0 Å². The van der Waals surface area contributed by atoms with Gasteiger partial charge in [0.15, 0.2) is 0 Å². The van der Waals surface area contributed by atoms with Gasteiger partial charge in [-0.1, -0.05) is 27.7 Å². The SMILES string of the molecule is CCCNC(CS(=O)CCS(C)(=O)=O)C(C)(C)C. The first-order valence-corrected chi connectivity index (χ1v) is 9.87. The molecule has 0 rings (SSSR count). The number of sulfone groups is 1. The molecule has 0 amide bonds. The summed E-state index contributed by atoms with van der Waals surface area (Å²) in [5.74, 6) is 0.752. The van der Waals surface area contributed by atoms with E-state index in [-0.39, 0.29) is 23.0 Å². The zero-order valence-electron chi connectivity index (χ0n) is 12.2. The summed E-state index contributed by atoms with van der Waals surface area (Å²) in [6.45, 7) is 9.30. The van der Waals surface area contributed by atoms with Crippen LogP contribution in [0.5, 0.6) is 0 Å². The Morgan fingerprint density at radius 1 is 1.28 bits per heavy atom. The van der Waals surface area contributed by atoms with Gasteiger partial charge in [-0.3, -0.25) is 4.21 Å². The van der Waals surface area contributed by atoms with Gasteiger partial charge >= 0.3 is 0 Å². The van der Waals surface area contributed by atoms with Crippen LogP contribution in [0.25, 0.3) is 0 Å². The predicted molar refractivity (Wildman–Crippen MR) is 79.1 cm³/mol. The van der Waals surface area contributed by atoms with Crippen LogP contribution < -0.4 is 5.32 Å². The Kier molecular flexibility index (Phi) is 7.63. The van der Waals surface area contributed by atoms with Crippen molar-refractivity contribution in [3.63, 3.8) is 0 Å². The fourth-order valence-corrected chi connectivity index (χ4v) is 4.56. The maximum absolute atomic E-state index is 11.9. The molecule has 0 aliphatic rings. The van der Waals surface area contributed by atoms with E-state index in [1.807, 2.05) is 0 Å². The van der Waals surface area contributed by atoms with Gasteiger partial charge in [0.25, 0.3) is 0 Å². The zero-order chi connectivity index (χ0) is 14.4. The van der Waals surface area contributed by atoms with E-state index in [1.54, 1.807) is 0 Å². The van der Waals surface area contributed by atoms with Crippen LogP contribution in [0.15, 0.2) is 0 Å². The van der Waals surface area contributed by atoms with Gasteiger partial charge in [0.2, 0.25) is 0 Å². The summed E-state index contributed by atoms with van der Waals surface area (Å²) in [4.78, 5) is 0. The highest BCUT2D eigenvalue weighted by atomic mass is 32.2. The molecule has 0 bridgehead atoms. The topological polar surface area (TPSA) is 63.2 Å². The third kappa shape index (κ3) is 9.05. The highest BCUT2D eigenvalue weighted by Gasteiger charge is 2.25. The molecule has 0 aromatic rings. The highest BCUT2D eigenvalue weighted by Crippen LogP contribution is 2.20. The molecule has 0 aliphatic carbocycles. The van der Waals surface area contributed by atoms with Crippen LogP contribution >= 0.6 is 0 Å². The smallest absolute Gasteiger partial charge is 0.148 e. The van der Waals surface area contributed by atoms with E-state index in [4.69, 9.17) is 0 Å². The Balaban J connectivity index is 4.36. The van der Waals surface area contributed by atoms with Gasteiger partial charge < -0.3 is 5.32 Å². The van der Waals surface area contributed by atoms with Gasteiger partial charge in [-0.15, -0.1) is 0 Å². The molecule has 6 heteroatoms.